The molecule has 0 saturated carbocycles. The Hall–Kier alpha value is -3.81. The zero-order chi connectivity index (χ0) is 25.5. The maximum atomic E-state index is 13.4. The van der Waals surface area contributed by atoms with E-state index in [2.05, 4.69) is 4.98 Å². The summed E-state index contributed by atoms with van der Waals surface area (Å²) in [6, 6.07) is 9.50. The number of hydrogen-bond donors (Lipinski definition) is 1. The first kappa shape index (κ1) is 26.4. The van der Waals surface area contributed by atoms with E-state index in [0.29, 0.717) is 5.69 Å². The van der Waals surface area contributed by atoms with Gasteiger partial charge in [-0.3, -0.25) is 33.8 Å². The quantitative estimate of drug-likeness (QED) is 0.448. The summed E-state index contributed by atoms with van der Waals surface area (Å²) in [7, 11) is 0. The van der Waals surface area contributed by atoms with Crippen LogP contribution in [0.1, 0.15) is 53.9 Å². The van der Waals surface area contributed by atoms with Crippen molar-refractivity contribution in [2.45, 2.75) is 46.5 Å². The summed E-state index contributed by atoms with van der Waals surface area (Å²) >= 11 is 0. The van der Waals surface area contributed by atoms with Gasteiger partial charge in [-0.1, -0.05) is 31.2 Å². The lowest BCUT2D eigenvalue weighted by molar-refractivity contribution is -0.149. The van der Waals surface area contributed by atoms with Crippen LogP contribution in [-0.2, 0) is 36.8 Å². The van der Waals surface area contributed by atoms with Gasteiger partial charge in [-0.25, -0.2) is 0 Å². The highest BCUT2D eigenvalue weighted by Crippen LogP contribution is 2.34. The highest BCUT2D eigenvalue weighted by molar-refractivity contribution is 6.26. The molecule has 0 spiro atoms. The lowest BCUT2D eigenvalue weighted by Gasteiger charge is -2.30. The van der Waals surface area contributed by atoms with Gasteiger partial charge in [-0.15, -0.1) is 0 Å². The summed E-state index contributed by atoms with van der Waals surface area (Å²) in [5.41, 5.74) is 4.52. The van der Waals surface area contributed by atoms with Gasteiger partial charge in [-0.05, 0) is 43.5 Å². The smallest absolute Gasteiger partial charge is 0.248 e. The molecule has 0 aliphatic heterocycles. The lowest BCUT2D eigenvalue weighted by Crippen LogP contribution is -2.53. The molecule has 0 fully saturated rings. The topological polar surface area (TPSA) is 141 Å². The summed E-state index contributed by atoms with van der Waals surface area (Å²) in [6.07, 6.45) is 2.35. The second kappa shape index (κ2) is 11.4. The number of rotatable bonds is 13. The Balaban J connectivity index is 2.48. The summed E-state index contributed by atoms with van der Waals surface area (Å²) in [5.74, 6) is -5.98. The molecule has 1 aromatic heterocycles. The maximum Gasteiger partial charge on any atom is 0.248 e. The van der Waals surface area contributed by atoms with Gasteiger partial charge in [0.25, 0.3) is 0 Å². The Kier molecular flexibility index (Phi) is 8.83. The lowest BCUT2D eigenvalue weighted by atomic mass is 9.64. The number of primary amides is 1. The Morgan fingerprint density at radius 1 is 1.03 bits per heavy atom. The molecule has 2 aromatic rings. The van der Waals surface area contributed by atoms with Crippen molar-refractivity contribution in [2.75, 3.05) is 0 Å². The van der Waals surface area contributed by atoms with Crippen LogP contribution in [0.4, 0.5) is 0 Å². The standard InChI is InChI=1S/C26H27N2O6/c1-4-21(31)24(22(32)14-19-8-5-6-10-20(19)25(27)34)26(15-29,17(3)30)23(33)12-11-18-9-7-13-28-16(18)2/h5-10,13,24H,4,11-12,14H2,1-3H3,(H2,27,34). The van der Waals surface area contributed by atoms with E-state index in [-0.39, 0.29) is 30.4 Å². The van der Waals surface area contributed by atoms with Gasteiger partial charge in [-0.2, -0.15) is 0 Å². The Morgan fingerprint density at radius 3 is 2.24 bits per heavy atom. The number of aromatic nitrogens is 1. The van der Waals surface area contributed by atoms with Crippen molar-refractivity contribution in [2.24, 2.45) is 17.1 Å². The monoisotopic (exact) mass is 463 g/mol. The number of Topliss-reactive ketones (excluding diaryl/α,β-unsaturated/α-hetero) is 4. The Bertz CT molecular complexity index is 1140. The van der Waals surface area contributed by atoms with Gasteiger partial charge in [0.1, 0.15) is 17.5 Å². The number of hydrogen-bond acceptors (Lipinski definition) is 7. The van der Waals surface area contributed by atoms with E-state index in [4.69, 9.17) is 5.73 Å². The first-order valence-corrected chi connectivity index (χ1v) is 10.9. The van der Waals surface area contributed by atoms with E-state index in [1.165, 1.54) is 25.3 Å². The molecule has 2 unspecified atom stereocenters. The first-order chi connectivity index (χ1) is 16.1. The number of carbonyl (C=O) groups is 5. The van der Waals surface area contributed by atoms with E-state index in [9.17, 15) is 28.8 Å². The summed E-state index contributed by atoms with van der Waals surface area (Å²) in [4.78, 5) is 80.5. The number of nitrogens with two attached hydrogens (primary N) is 1. The predicted octanol–water partition coefficient (Wildman–Crippen LogP) is 2.08. The van der Waals surface area contributed by atoms with E-state index < -0.39 is 46.8 Å². The van der Waals surface area contributed by atoms with Crippen molar-refractivity contribution < 1.29 is 28.8 Å². The molecular formula is C26H27N2O6. The molecule has 1 heterocycles. The SMILES string of the molecule is CCC(=O)C(C(=O)Cc1ccccc1C(N)=O)C([C]=O)(C(C)=O)C(=O)CCc1cccnc1C. The fourth-order valence-corrected chi connectivity index (χ4v) is 4.05. The first-order valence-electron chi connectivity index (χ1n) is 10.9. The average molecular weight is 464 g/mol. The van der Waals surface area contributed by atoms with Crippen LogP contribution in [0.5, 0.6) is 0 Å². The van der Waals surface area contributed by atoms with Gasteiger partial charge in [0.05, 0.1) is 0 Å². The summed E-state index contributed by atoms with van der Waals surface area (Å²) in [6.45, 7) is 4.23. The fourth-order valence-electron chi connectivity index (χ4n) is 4.05. The minimum atomic E-state index is -2.57. The Morgan fingerprint density at radius 2 is 1.68 bits per heavy atom. The number of ketones is 4. The van der Waals surface area contributed by atoms with Crippen molar-refractivity contribution in [3.05, 3.63) is 65.0 Å². The molecule has 0 aliphatic carbocycles. The van der Waals surface area contributed by atoms with Crippen molar-refractivity contribution in [1.29, 1.82) is 0 Å². The van der Waals surface area contributed by atoms with Gasteiger partial charge < -0.3 is 5.73 Å². The van der Waals surface area contributed by atoms with Gasteiger partial charge in [0.15, 0.2) is 17.0 Å². The molecule has 0 aliphatic rings. The van der Waals surface area contributed by atoms with Crippen molar-refractivity contribution in [1.82, 2.24) is 4.98 Å². The predicted molar refractivity (Wildman–Crippen MR) is 124 cm³/mol. The Labute approximate surface area is 197 Å². The number of benzene rings is 1. The minimum Gasteiger partial charge on any atom is -0.366 e. The second-order valence-corrected chi connectivity index (χ2v) is 8.05. The number of carbonyl (C=O) groups excluding carboxylic acids is 6. The van der Waals surface area contributed by atoms with E-state index in [1.54, 1.807) is 37.4 Å². The molecule has 177 valence electrons. The average Bonchev–Trinajstić information content (AvgIpc) is 2.81. The molecule has 8 nitrogen and oxygen atoms in total. The highest BCUT2D eigenvalue weighted by atomic mass is 16.2. The molecule has 1 amide bonds. The summed E-state index contributed by atoms with van der Waals surface area (Å²) in [5, 5.41) is 0. The fraction of sp³-hybridized carbons (Fsp3) is 0.346. The van der Waals surface area contributed by atoms with Crippen LogP contribution in [0.25, 0.3) is 0 Å². The van der Waals surface area contributed by atoms with Crippen LogP contribution in [-0.4, -0.2) is 40.3 Å². The zero-order valence-corrected chi connectivity index (χ0v) is 19.4. The second-order valence-electron chi connectivity index (χ2n) is 8.05. The van der Waals surface area contributed by atoms with Gasteiger partial charge in [0.2, 0.25) is 12.2 Å². The van der Waals surface area contributed by atoms with Crippen LogP contribution in [0.3, 0.4) is 0 Å². The number of aryl methyl sites for hydroxylation is 2. The molecule has 34 heavy (non-hydrogen) atoms. The normalized spacial score (nSPS) is 13.4. The molecule has 0 saturated heterocycles. The summed E-state index contributed by atoms with van der Waals surface area (Å²) < 4.78 is 0. The van der Waals surface area contributed by atoms with Gasteiger partial charge in [0, 0.05) is 36.7 Å². The maximum absolute atomic E-state index is 13.4. The molecule has 2 atom stereocenters. The van der Waals surface area contributed by atoms with E-state index in [0.717, 1.165) is 12.5 Å². The van der Waals surface area contributed by atoms with Crippen molar-refractivity contribution in [3.8, 4) is 0 Å². The highest BCUT2D eigenvalue weighted by Gasteiger charge is 2.55. The third-order valence-electron chi connectivity index (χ3n) is 5.97. The largest absolute Gasteiger partial charge is 0.366 e. The molecule has 2 N–H and O–H groups in total. The number of amides is 1. The molecule has 1 aromatic carbocycles. The molecule has 2 rings (SSSR count). The van der Waals surface area contributed by atoms with Crippen LogP contribution < -0.4 is 5.73 Å². The van der Waals surface area contributed by atoms with Crippen molar-refractivity contribution in [3.63, 3.8) is 0 Å². The molecule has 0 bridgehead atoms. The van der Waals surface area contributed by atoms with Crippen molar-refractivity contribution >= 4 is 35.3 Å². The zero-order valence-electron chi connectivity index (χ0n) is 19.4. The molecular weight excluding hydrogens is 436 g/mol. The van der Waals surface area contributed by atoms with Crippen LogP contribution in [0, 0.1) is 18.3 Å². The number of pyridine rings is 1. The molecule has 8 heteroatoms. The van der Waals surface area contributed by atoms with E-state index >= 15 is 0 Å². The van der Waals surface area contributed by atoms with Crippen LogP contribution in [0.15, 0.2) is 42.6 Å². The third kappa shape index (κ3) is 5.39. The van der Waals surface area contributed by atoms with Gasteiger partial charge >= 0.3 is 0 Å². The molecule has 1 radical (unpaired) electrons. The van der Waals surface area contributed by atoms with Crippen LogP contribution >= 0.6 is 0 Å². The van der Waals surface area contributed by atoms with E-state index in [1.807, 2.05) is 0 Å². The number of nitrogens with zero attached hydrogens (tertiary/aromatic N) is 1. The third-order valence-corrected chi connectivity index (χ3v) is 5.97. The van der Waals surface area contributed by atoms with Crippen LogP contribution in [0.2, 0.25) is 0 Å². The minimum absolute atomic E-state index is 0.0698.